The Morgan fingerprint density at radius 1 is 0.306 bits per heavy atom. The fraction of sp³-hybridized carbons (Fsp3) is 0.167. The van der Waals surface area contributed by atoms with Crippen molar-refractivity contribution in [3.05, 3.63) is 144 Å². The molecule has 0 atom stereocenters. The van der Waals surface area contributed by atoms with Crippen LogP contribution in [0.5, 0.6) is 23.0 Å². The molecule has 0 aliphatic carbocycles. The van der Waals surface area contributed by atoms with Crippen LogP contribution in [0.4, 0.5) is 0 Å². The molecular weight excluding hydrogens is 801 g/mol. The number of ether oxygens (including phenoxy) is 6. The molecule has 0 aromatic heterocycles. The second-order valence-corrected chi connectivity index (χ2v) is 13.8. The lowest BCUT2D eigenvalue weighted by atomic mass is 9.93. The van der Waals surface area contributed by atoms with Gasteiger partial charge in [-0.15, -0.1) is 0 Å². The van der Waals surface area contributed by atoms with Gasteiger partial charge < -0.3 is 48.8 Å². The Hall–Kier alpha value is -7.68. The number of hydrogen-bond acceptors (Lipinski definition) is 10. The maximum atomic E-state index is 11.6. The number of hydrogen-bond donors (Lipinski definition) is 4. The summed E-state index contributed by atoms with van der Waals surface area (Å²) in [4.78, 5) is 46.4. The average molecular weight is 841 g/mol. The van der Waals surface area contributed by atoms with Crippen LogP contribution < -0.4 is 18.9 Å². The Kier molecular flexibility index (Phi) is 13.4. The second-order valence-electron chi connectivity index (χ2n) is 13.8. The Labute approximate surface area is 355 Å². The van der Waals surface area contributed by atoms with Crippen molar-refractivity contribution < 1.29 is 68.0 Å². The number of benzene rings is 6. The minimum Gasteiger partial charge on any atom is -0.487 e. The highest BCUT2D eigenvalue weighted by atomic mass is 16.6. The van der Waals surface area contributed by atoms with Gasteiger partial charge in [0.1, 0.15) is 26.4 Å². The number of aromatic carboxylic acids is 4. The molecule has 14 nitrogen and oxygen atoms in total. The fourth-order valence-corrected chi connectivity index (χ4v) is 6.74. The van der Waals surface area contributed by atoms with Crippen LogP contribution >= 0.6 is 0 Å². The first-order valence-corrected chi connectivity index (χ1v) is 19.4. The van der Waals surface area contributed by atoms with Crippen LogP contribution in [0.25, 0.3) is 44.5 Å². The van der Waals surface area contributed by atoms with E-state index in [1.54, 1.807) is 72.8 Å². The average Bonchev–Trinajstić information content (AvgIpc) is 3.28. The molecule has 0 spiro atoms. The Morgan fingerprint density at radius 3 is 0.677 bits per heavy atom. The highest BCUT2D eigenvalue weighted by Gasteiger charge is 2.20. The van der Waals surface area contributed by atoms with Crippen molar-refractivity contribution in [3.63, 3.8) is 0 Å². The van der Waals surface area contributed by atoms with Gasteiger partial charge in [-0.05, 0) is 117 Å². The summed E-state index contributed by atoms with van der Waals surface area (Å²) in [5.74, 6) is -2.68. The van der Waals surface area contributed by atoms with Crippen molar-refractivity contribution in [3.8, 4) is 67.5 Å². The molecule has 0 saturated carbocycles. The molecule has 7 rings (SSSR count). The molecule has 0 bridgehead atoms. The standard InChI is InChI=1S/C48H40O14/c49-45(50)33-9-1-29(2-10-33)37-25-41-42(26-38(37)30-3-11-34(12-4-30)46(51)52)60-22-18-58-20-24-62-44-28-40(32-7-15-36(16-8-32)48(55)56)39(31-5-13-35(14-6-31)47(53)54)27-43(44)61-23-19-57-17-21-59-41/h1-16,25-28H,17-24H2,(H,49,50)(H,51,52)(H,53,54)(H,55,56). The van der Waals surface area contributed by atoms with E-state index in [4.69, 9.17) is 28.4 Å². The molecule has 0 unspecified atom stereocenters. The Bertz CT molecular complexity index is 2210. The van der Waals surface area contributed by atoms with Gasteiger partial charge in [0.05, 0.1) is 48.7 Å². The van der Waals surface area contributed by atoms with Gasteiger partial charge in [0.25, 0.3) is 0 Å². The predicted octanol–water partition coefficient (Wildman–Crippen LogP) is 8.41. The predicted molar refractivity (Wildman–Crippen MR) is 226 cm³/mol. The third-order valence-corrected chi connectivity index (χ3v) is 9.88. The number of carbonyl (C=O) groups is 4. The Morgan fingerprint density at radius 2 is 0.500 bits per heavy atom. The lowest BCUT2D eigenvalue weighted by Gasteiger charge is -2.20. The smallest absolute Gasteiger partial charge is 0.335 e. The monoisotopic (exact) mass is 840 g/mol. The molecule has 6 aromatic rings. The summed E-state index contributed by atoms with van der Waals surface area (Å²) in [6, 6.07) is 32.7. The molecule has 6 aromatic carbocycles. The summed E-state index contributed by atoms with van der Waals surface area (Å²) < 4.78 is 36.7. The summed E-state index contributed by atoms with van der Waals surface area (Å²) in [5.41, 5.74) is 6.01. The zero-order chi connectivity index (χ0) is 43.6. The van der Waals surface area contributed by atoms with Gasteiger partial charge in [-0.1, -0.05) is 48.5 Å². The molecule has 0 fully saturated rings. The maximum absolute atomic E-state index is 11.6. The van der Waals surface area contributed by atoms with Crippen molar-refractivity contribution in [2.45, 2.75) is 0 Å². The van der Waals surface area contributed by atoms with E-state index in [0.29, 0.717) is 67.5 Å². The molecule has 4 N–H and O–H groups in total. The third kappa shape index (κ3) is 10.2. The molecule has 0 amide bonds. The Balaban J connectivity index is 1.15. The summed E-state index contributed by atoms with van der Waals surface area (Å²) in [5, 5.41) is 38.0. The number of fused-ring (bicyclic) bond motifs is 2. The largest absolute Gasteiger partial charge is 0.487 e. The highest BCUT2D eigenvalue weighted by molar-refractivity contribution is 5.94. The van der Waals surface area contributed by atoms with Crippen LogP contribution in [-0.4, -0.2) is 97.2 Å². The molecule has 1 aliphatic heterocycles. The zero-order valence-corrected chi connectivity index (χ0v) is 33.1. The number of carboxylic acids is 4. The molecule has 1 heterocycles. The molecule has 0 radical (unpaired) electrons. The first-order valence-electron chi connectivity index (χ1n) is 19.4. The topological polar surface area (TPSA) is 205 Å². The highest BCUT2D eigenvalue weighted by Crippen LogP contribution is 2.43. The molecular formula is C48H40O14. The van der Waals surface area contributed by atoms with E-state index in [0.717, 1.165) is 0 Å². The first kappa shape index (κ1) is 42.4. The quantitative estimate of drug-likeness (QED) is 0.114. The van der Waals surface area contributed by atoms with E-state index in [2.05, 4.69) is 0 Å². The minimum atomic E-state index is -1.06. The van der Waals surface area contributed by atoms with E-state index in [-0.39, 0.29) is 75.1 Å². The normalized spacial score (nSPS) is 13.5. The maximum Gasteiger partial charge on any atom is 0.335 e. The van der Waals surface area contributed by atoms with Gasteiger partial charge in [0.2, 0.25) is 0 Å². The van der Waals surface area contributed by atoms with Crippen molar-refractivity contribution in [1.29, 1.82) is 0 Å². The molecule has 14 heteroatoms. The lowest BCUT2D eigenvalue weighted by Crippen LogP contribution is -2.15. The fourth-order valence-electron chi connectivity index (χ4n) is 6.74. The van der Waals surface area contributed by atoms with Crippen molar-refractivity contribution in [2.24, 2.45) is 0 Å². The zero-order valence-electron chi connectivity index (χ0n) is 33.1. The van der Waals surface area contributed by atoms with Gasteiger partial charge in [-0.25, -0.2) is 19.2 Å². The van der Waals surface area contributed by atoms with Crippen molar-refractivity contribution >= 4 is 23.9 Å². The molecule has 62 heavy (non-hydrogen) atoms. The van der Waals surface area contributed by atoms with Gasteiger partial charge >= 0.3 is 23.9 Å². The van der Waals surface area contributed by atoms with Gasteiger partial charge in [-0.2, -0.15) is 0 Å². The summed E-state index contributed by atoms with van der Waals surface area (Å²) in [7, 11) is 0. The van der Waals surface area contributed by atoms with Crippen molar-refractivity contribution in [2.75, 3.05) is 52.9 Å². The number of carboxylic acid groups (broad SMARTS) is 4. The van der Waals surface area contributed by atoms with Crippen LogP contribution in [0.2, 0.25) is 0 Å². The van der Waals surface area contributed by atoms with Crippen molar-refractivity contribution in [1.82, 2.24) is 0 Å². The lowest BCUT2D eigenvalue weighted by molar-refractivity contribution is 0.0641. The van der Waals surface area contributed by atoms with Gasteiger partial charge in [-0.3, -0.25) is 0 Å². The van der Waals surface area contributed by atoms with E-state index >= 15 is 0 Å². The third-order valence-electron chi connectivity index (χ3n) is 9.88. The van der Waals surface area contributed by atoms with Crippen LogP contribution in [0.3, 0.4) is 0 Å². The first-order chi connectivity index (χ1) is 30.0. The van der Waals surface area contributed by atoms with E-state index in [1.165, 1.54) is 48.5 Å². The summed E-state index contributed by atoms with van der Waals surface area (Å²) >= 11 is 0. The minimum absolute atomic E-state index is 0.120. The molecule has 1 aliphatic rings. The van der Waals surface area contributed by atoms with E-state index in [9.17, 15) is 39.6 Å². The molecule has 0 saturated heterocycles. The van der Waals surface area contributed by atoms with Gasteiger partial charge in [0.15, 0.2) is 23.0 Å². The SMILES string of the molecule is O=C(O)c1ccc(-c2cc3c(cc2-c2ccc(C(=O)O)cc2)OCCOCCOc2cc(-c4ccc(C(=O)O)cc4)c(-c4ccc(C(=O)O)cc4)cc2OCCOCCO3)cc1. The summed E-state index contributed by atoms with van der Waals surface area (Å²) in [6.07, 6.45) is 0. The second kappa shape index (κ2) is 19.6. The molecule has 316 valence electrons. The van der Waals surface area contributed by atoms with Gasteiger partial charge in [0, 0.05) is 0 Å². The van der Waals surface area contributed by atoms with Crippen LogP contribution in [0, 0.1) is 0 Å². The summed E-state index contributed by atoms with van der Waals surface area (Å²) in [6.45, 7) is 1.17. The van der Waals surface area contributed by atoms with Crippen LogP contribution in [0.15, 0.2) is 121 Å². The van der Waals surface area contributed by atoms with E-state index in [1.807, 2.05) is 0 Å². The van der Waals surface area contributed by atoms with Crippen LogP contribution in [-0.2, 0) is 9.47 Å². The van der Waals surface area contributed by atoms with Crippen LogP contribution in [0.1, 0.15) is 41.4 Å². The van der Waals surface area contributed by atoms with E-state index < -0.39 is 23.9 Å². The number of rotatable bonds is 8.